The van der Waals surface area contributed by atoms with Gasteiger partial charge >= 0.3 is 6.18 Å². The number of hydrogen-bond donors (Lipinski definition) is 1. The third-order valence-corrected chi connectivity index (χ3v) is 6.81. The summed E-state index contributed by atoms with van der Waals surface area (Å²) in [6, 6.07) is 3.81. The highest BCUT2D eigenvalue weighted by atomic mass is 32.2. The van der Waals surface area contributed by atoms with E-state index in [2.05, 4.69) is 15.4 Å². The van der Waals surface area contributed by atoms with Crippen molar-refractivity contribution >= 4 is 32.2 Å². The molecule has 2 heterocycles. The Morgan fingerprint density at radius 2 is 1.94 bits per heavy atom. The first-order valence-corrected chi connectivity index (χ1v) is 11.3. The first-order chi connectivity index (χ1) is 15.0. The van der Waals surface area contributed by atoms with Gasteiger partial charge in [-0.3, -0.25) is 9.59 Å². The molecule has 1 N–H and O–H groups in total. The molecule has 0 unspecified atom stereocenters. The molecule has 2 aromatic heterocycles. The number of rotatable bonds is 5. The summed E-state index contributed by atoms with van der Waals surface area (Å²) >= 11 is 0. The summed E-state index contributed by atoms with van der Waals surface area (Å²) in [7, 11) is -3.93. The second kappa shape index (κ2) is 7.69. The zero-order valence-corrected chi connectivity index (χ0v) is 17.5. The molecule has 1 aromatic carbocycles. The van der Waals surface area contributed by atoms with Crippen LogP contribution >= 0.6 is 0 Å². The number of carbonyl (C=O) groups excluding carboxylic acids is 1. The lowest BCUT2D eigenvalue weighted by molar-refractivity contribution is -0.137. The Morgan fingerprint density at radius 3 is 2.56 bits per heavy atom. The van der Waals surface area contributed by atoms with Crippen molar-refractivity contribution in [2.24, 2.45) is 5.92 Å². The molecule has 12 heteroatoms. The Hall–Kier alpha value is -3.28. The number of nitrogens with one attached hydrogen (secondary N) is 1. The molecule has 0 atom stereocenters. The molecule has 0 saturated heterocycles. The molecule has 1 aliphatic rings. The van der Waals surface area contributed by atoms with Gasteiger partial charge in [-0.1, -0.05) is 13.0 Å². The van der Waals surface area contributed by atoms with Gasteiger partial charge < -0.3 is 5.32 Å². The summed E-state index contributed by atoms with van der Waals surface area (Å²) in [6.45, 7) is 1.39. The van der Waals surface area contributed by atoms with Crippen molar-refractivity contribution in [2.45, 2.75) is 30.8 Å². The van der Waals surface area contributed by atoms with Crippen molar-refractivity contribution < 1.29 is 26.4 Å². The molecule has 0 bridgehead atoms. The Bertz CT molecular complexity index is 1400. The van der Waals surface area contributed by atoms with Gasteiger partial charge in [0.05, 0.1) is 34.8 Å². The number of pyridine rings is 1. The topological polar surface area (TPSA) is 111 Å². The molecule has 1 saturated carbocycles. The maximum atomic E-state index is 13.1. The van der Waals surface area contributed by atoms with Gasteiger partial charge in [-0.25, -0.2) is 13.4 Å². The minimum atomic E-state index is -4.66. The number of halogens is 3. The highest BCUT2D eigenvalue weighted by Crippen LogP contribution is 2.32. The number of anilines is 1. The summed E-state index contributed by atoms with van der Waals surface area (Å²) in [4.78, 5) is 28.6. The molecular formula is C20H17F3N4O4S. The number of aromatic nitrogens is 3. The van der Waals surface area contributed by atoms with Gasteiger partial charge in [0, 0.05) is 11.3 Å². The summed E-state index contributed by atoms with van der Waals surface area (Å²) < 4.78 is 65.3. The second-order valence-corrected chi connectivity index (χ2v) is 9.62. The second-order valence-electron chi connectivity index (χ2n) is 7.37. The van der Waals surface area contributed by atoms with Gasteiger partial charge in [0.1, 0.15) is 4.90 Å². The molecule has 3 aromatic rings. The third kappa shape index (κ3) is 4.09. The van der Waals surface area contributed by atoms with Crippen LogP contribution in [-0.2, 0) is 20.8 Å². The fraction of sp³-hybridized carbons (Fsp3) is 0.300. The average Bonchev–Trinajstić information content (AvgIpc) is 3.59. The van der Waals surface area contributed by atoms with Crippen LogP contribution in [0.1, 0.15) is 25.3 Å². The van der Waals surface area contributed by atoms with Crippen molar-refractivity contribution in [3.8, 4) is 5.82 Å². The highest BCUT2D eigenvalue weighted by molar-refractivity contribution is 7.91. The van der Waals surface area contributed by atoms with Crippen LogP contribution in [0.5, 0.6) is 0 Å². The summed E-state index contributed by atoms with van der Waals surface area (Å²) in [6.07, 6.45) is -0.842. The first-order valence-electron chi connectivity index (χ1n) is 9.64. The Kier molecular flexibility index (Phi) is 5.27. The molecule has 0 radical (unpaired) electrons. The molecule has 168 valence electrons. The zero-order valence-electron chi connectivity index (χ0n) is 16.7. The van der Waals surface area contributed by atoms with Crippen molar-refractivity contribution in [3.63, 3.8) is 0 Å². The smallest absolute Gasteiger partial charge is 0.324 e. The van der Waals surface area contributed by atoms with E-state index in [0.29, 0.717) is 10.7 Å². The lowest BCUT2D eigenvalue weighted by Gasteiger charge is -2.13. The predicted molar refractivity (Wildman–Crippen MR) is 109 cm³/mol. The fourth-order valence-electron chi connectivity index (χ4n) is 3.11. The van der Waals surface area contributed by atoms with E-state index >= 15 is 0 Å². The molecule has 1 fully saturated rings. The number of sulfone groups is 1. The largest absolute Gasteiger partial charge is 0.416 e. The maximum absolute atomic E-state index is 13.1. The summed E-state index contributed by atoms with van der Waals surface area (Å²) in [5, 5.41) is 6.37. The van der Waals surface area contributed by atoms with E-state index in [1.807, 2.05) is 0 Å². The molecule has 0 spiro atoms. The van der Waals surface area contributed by atoms with Gasteiger partial charge in [0.2, 0.25) is 5.91 Å². The molecule has 4 rings (SSSR count). The van der Waals surface area contributed by atoms with E-state index in [1.54, 1.807) is 0 Å². The SMILES string of the molecule is CCS(=O)(=O)c1cc(NC(=O)C2CC2)cnc1-n1ncc2ccc(C(F)(F)F)cc2c1=O. The minimum absolute atomic E-state index is 0.130. The molecule has 32 heavy (non-hydrogen) atoms. The predicted octanol–water partition coefficient (Wildman–Crippen LogP) is 2.94. The van der Waals surface area contributed by atoms with Gasteiger partial charge in [0.15, 0.2) is 15.7 Å². The normalized spacial score (nSPS) is 14.5. The molecule has 8 nitrogen and oxygen atoms in total. The summed E-state index contributed by atoms with van der Waals surface area (Å²) in [5.41, 5.74) is -1.85. The highest BCUT2D eigenvalue weighted by Gasteiger charge is 2.32. The number of fused-ring (bicyclic) bond motifs is 1. The molecule has 1 aliphatic carbocycles. The van der Waals surface area contributed by atoms with E-state index < -0.39 is 27.1 Å². The first kappa shape index (κ1) is 21.9. The van der Waals surface area contributed by atoms with Crippen LogP contribution in [0.3, 0.4) is 0 Å². The minimum Gasteiger partial charge on any atom is -0.324 e. The quantitative estimate of drug-likeness (QED) is 0.619. The van der Waals surface area contributed by atoms with Gasteiger partial charge in [-0.05, 0) is 31.0 Å². The van der Waals surface area contributed by atoms with E-state index in [0.717, 1.165) is 31.2 Å². The van der Waals surface area contributed by atoms with Gasteiger partial charge in [0.25, 0.3) is 5.56 Å². The van der Waals surface area contributed by atoms with Crippen LogP contribution in [0.2, 0.25) is 0 Å². The van der Waals surface area contributed by atoms with Gasteiger partial charge in [-0.2, -0.15) is 23.0 Å². The summed E-state index contributed by atoms with van der Waals surface area (Å²) in [5.74, 6) is -1.09. The van der Waals surface area contributed by atoms with Crippen molar-refractivity contribution in [2.75, 3.05) is 11.1 Å². The number of benzene rings is 1. The van der Waals surface area contributed by atoms with Crippen LogP contribution in [-0.4, -0.2) is 34.8 Å². The average molecular weight is 466 g/mol. The van der Waals surface area contributed by atoms with E-state index in [9.17, 15) is 31.2 Å². The van der Waals surface area contributed by atoms with Crippen LogP contribution in [0.15, 0.2) is 46.3 Å². The van der Waals surface area contributed by atoms with Crippen molar-refractivity contribution in [1.82, 2.24) is 14.8 Å². The number of amides is 1. The number of carbonyl (C=O) groups is 1. The lowest BCUT2D eigenvalue weighted by atomic mass is 10.1. The Balaban J connectivity index is 1.88. The monoisotopic (exact) mass is 466 g/mol. The Labute approximate surface area is 180 Å². The third-order valence-electron chi connectivity index (χ3n) is 5.08. The lowest BCUT2D eigenvalue weighted by Crippen LogP contribution is -2.25. The van der Waals surface area contributed by atoms with Crippen molar-refractivity contribution in [1.29, 1.82) is 0 Å². The number of alkyl halides is 3. The zero-order chi connectivity index (χ0) is 23.3. The van der Waals surface area contributed by atoms with Crippen molar-refractivity contribution in [3.05, 3.63) is 52.6 Å². The van der Waals surface area contributed by atoms with Crippen LogP contribution < -0.4 is 10.9 Å². The van der Waals surface area contributed by atoms with E-state index in [4.69, 9.17) is 0 Å². The molecular weight excluding hydrogens is 449 g/mol. The number of nitrogens with zero attached hydrogens (tertiary/aromatic N) is 3. The maximum Gasteiger partial charge on any atom is 0.416 e. The van der Waals surface area contributed by atoms with E-state index in [1.165, 1.54) is 19.2 Å². The van der Waals surface area contributed by atoms with Crippen LogP contribution in [0, 0.1) is 5.92 Å². The van der Waals surface area contributed by atoms with Crippen LogP contribution in [0.4, 0.5) is 18.9 Å². The van der Waals surface area contributed by atoms with Gasteiger partial charge in [-0.15, -0.1) is 0 Å². The molecule has 1 amide bonds. The fourth-order valence-corrected chi connectivity index (χ4v) is 4.14. The van der Waals surface area contributed by atoms with E-state index in [-0.39, 0.29) is 44.8 Å². The number of hydrogen-bond acceptors (Lipinski definition) is 6. The standard InChI is InChI=1S/C20H17F3N4O4S/c1-2-32(30,31)16-8-14(26-18(28)11-3-4-11)10-24-17(16)27-19(29)15-7-13(20(21,22)23)6-5-12(15)9-25-27/h5-11H,2-4H2,1H3,(H,26,28). The molecule has 0 aliphatic heterocycles. The Morgan fingerprint density at radius 1 is 1.22 bits per heavy atom. The van der Waals surface area contributed by atoms with Crippen LogP contribution in [0.25, 0.3) is 16.6 Å².